The van der Waals surface area contributed by atoms with Crippen molar-refractivity contribution in [3.63, 3.8) is 0 Å². The van der Waals surface area contributed by atoms with E-state index in [-0.39, 0.29) is 0 Å². The molecule has 1 saturated heterocycles. The van der Waals surface area contributed by atoms with Gasteiger partial charge in [-0.2, -0.15) is 0 Å². The van der Waals surface area contributed by atoms with Gasteiger partial charge in [-0.1, -0.05) is 0 Å². The first-order chi connectivity index (χ1) is 8.81. The summed E-state index contributed by atoms with van der Waals surface area (Å²) >= 11 is 0. The molecule has 4 heteroatoms. The van der Waals surface area contributed by atoms with Crippen LogP contribution in [-0.2, 0) is 11.3 Å². The lowest BCUT2D eigenvalue weighted by Crippen LogP contribution is -2.41. The minimum Gasteiger partial charge on any atom is -0.375 e. The van der Waals surface area contributed by atoms with Crippen LogP contribution in [0.5, 0.6) is 0 Å². The molecule has 1 aliphatic carbocycles. The molecule has 1 atom stereocenters. The Bertz CT molecular complexity index is 406. The Kier molecular flexibility index (Phi) is 3.48. The first-order valence-corrected chi connectivity index (χ1v) is 6.86. The summed E-state index contributed by atoms with van der Waals surface area (Å²) in [5.41, 5.74) is 1.33. The molecule has 0 spiro atoms. The fraction of sp³-hybridized carbons (Fsp3) is 0.643. The second-order valence-corrected chi connectivity index (χ2v) is 5.30. The van der Waals surface area contributed by atoms with Crippen LogP contribution in [0.15, 0.2) is 18.3 Å². The number of hydrogen-bond acceptors (Lipinski definition) is 4. The zero-order chi connectivity index (χ0) is 12.4. The van der Waals surface area contributed by atoms with E-state index in [4.69, 9.17) is 4.74 Å². The van der Waals surface area contributed by atoms with Gasteiger partial charge in [0.05, 0.1) is 12.7 Å². The number of anilines is 1. The molecule has 2 heterocycles. The molecule has 1 aliphatic heterocycles. The van der Waals surface area contributed by atoms with E-state index in [1.54, 1.807) is 0 Å². The van der Waals surface area contributed by atoms with Crippen molar-refractivity contribution in [3.05, 3.63) is 23.9 Å². The number of nitrogens with zero attached hydrogens (tertiary/aromatic N) is 2. The van der Waals surface area contributed by atoms with Crippen molar-refractivity contribution in [2.75, 3.05) is 24.6 Å². The third kappa shape index (κ3) is 3.00. The summed E-state index contributed by atoms with van der Waals surface area (Å²) < 4.78 is 5.57. The topological polar surface area (TPSA) is 37.4 Å². The first kappa shape index (κ1) is 11.9. The van der Waals surface area contributed by atoms with Crippen molar-refractivity contribution in [2.45, 2.75) is 38.5 Å². The van der Waals surface area contributed by atoms with Gasteiger partial charge in [-0.05, 0) is 37.5 Å². The predicted octanol–water partition coefficient (Wildman–Crippen LogP) is 1.56. The Hall–Kier alpha value is -1.13. The highest BCUT2D eigenvalue weighted by atomic mass is 16.5. The van der Waals surface area contributed by atoms with E-state index >= 15 is 0 Å². The first-order valence-electron chi connectivity index (χ1n) is 6.86. The third-order valence-corrected chi connectivity index (χ3v) is 3.55. The summed E-state index contributed by atoms with van der Waals surface area (Å²) in [6.45, 7) is 5.75. The fourth-order valence-electron chi connectivity index (χ4n) is 2.32. The SMILES string of the molecule is CC1CN(c2cc(CNC3CC3)ccn2)CCO1. The molecule has 3 rings (SSSR count). The quantitative estimate of drug-likeness (QED) is 0.876. The average Bonchev–Trinajstić information content (AvgIpc) is 3.21. The van der Waals surface area contributed by atoms with Crippen LogP contribution in [0.2, 0.25) is 0 Å². The van der Waals surface area contributed by atoms with Gasteiger partial charge in [0.15, 0.2) is 0 Å². The lowest BCUT2D eigenvalue weighted by molar-refractivity contribution is 0.0529. The Balaban J connectivity index is 1.65. The standard InChI is InChI=1S/C14H21N3O/c1-11-10-17(6-7-18-11)14-8-12(4-5-15-14)9-16-13-2-3-13/h4-5,8,11,13,16H,2-3,6-7,9-10H2,1H3. The van der Waals surface area contributed by atoms with Gasteiger partial charge in [0.2, 0.25) is 0 Å². The molecule has 0 bridgehead atoms. The van der Waals surface area contributed by atoms with Crippen LogP contribution in [0.25, 0.3) is 0 Å². The van der Waals surface area contributed by atoms with Crippen molar-refractivity contribution in [3.8, 4) is 0 Å². The summed E-state index contributed by atoms with van der Waals surface area (Å²) in [6.07, 6.45) is 4.88. The Morgan fingerprint density at radius 2 is 2.39 bits per heavy atom. The van der Waals surface area contributed by atoms with Gasteiger partial charge in [0, 0.05) is 31.9 Å². The number of aromatic nitrogens is 1. The van der Waals surface area contributed by atoms with Crippen LogP contribution in [0, 0.1) is 0 Å². The van der Waals surface area contributed by atoms with Gasteiger partial charge >= 0.3 is 0 Å². The normalized spacial score (nSPS) is 24.3. The van der Waals surface area contributed by atoms with Crippen LogP contribution in [0.4, 0.5) is 5.82 Å². The van der Waals surface area contributed by atoms with Gasteiger partial charge in [-0.3, -0.25) is 0 Å². The molecule has 1 saturated carbocycles. The van der Waals surface area contributed by atoms with Crippen molar-refractivity contribution in [1.82, 2.24) is 10.3 Å². The second-order valence-electron chi connectivity index (χ2n) is 5.30. The Morgan fingerprint density at radius 3 is 3.17 bits per heavy atom. The minimum atomic E-state index is 0.300. The molecule has 2 fully saturated rings. The van der Waals surface area contributed by atoms with Gasteiger partial charge in [0.1, 0.15) is 5.82 Å². The van der Waals surface area contributed by atoms with Crippen LogP contribution in [0.3, 0.4) is 0 Å². The number of pyridine rings is 1. The highest BCUT2D eigenvalue weighted by Gasteiger charge is 2.21. The van der Waals surface area contributed by atoms with E-state index in [0.717, 1.165) is 38.1 Å². The molecule has 18 heavy (non-hydrogen) atoms. The van der Waals surface area contributed by atoms with Gasteiger partial charge in [0.25, 0.3) is 0 Å². The molecule has 98 valence electrons. The molecule has 0 aromatic carbocycles. The summed E-state index contributed by atoms with van der Waals surface area (Å²) in [5.74, 6) is 1.08. The summed E-state index contributed by atoms with van der Waals surface area (Å²) in [6, 6.07) is 5.06. The number of rotatable bonds is 4. The molecule has 0 amide bonds. The zero-order valence-electron chi connectivity index (χ0n) is 10.9. The van der Waals surface area contributed by atoms with Crippen molar-refractivity contribution in [2.24, 2.45) is 0 Å². The molecule has 1 aromatic rings. The van der Waals surface area contributed by atoms with E-state index in [2.05, 4.69) is 34.3 Å². The van der Waals surface area contributed by atoms with E-state index < -0.39 is 0 Å². The second kappa shape index (κ2) is 5.24. The molecule has 1 aromatic heterocycles. The fourth-order valence-corrected chi connectivity index (χ4v) is 2.32. The minimum absolute atomic E-state index is 0.300. The van der Waals surface area contributed by atoms with Crippen LogP contribution >= 0.6 is 0 Å². The molecule has 2 aliphatic rings. The lowest BCUT2D eigenvalue weighted by atomic mass is 10.2. The third-order valence-electron chi connectivity index (χ3n) is 3.55. The number of nitrogens with one attached hydrogen (secondary N) is 1. The number of ether oxygens (including phenoxy) is 1. The average molecular weight is 247 g/mol. The Labute approximate surface area is 108 Å². The smallest absolute Gasteiger partial charge is 0.128 e. The monoisotopic (exact) mass is 247 g/mol. The number of hydrogen-bond donors (Lipinski definition) is 1. The van der Waals surface area contributed by atoms with Crippen molar-refractivity contribution < 1.29 is 4.74 Å². The van der Waals surface area contributed by atoms with E-state index in [9.17, 15) is 0 Å². The molecule has 1 unspecified atom stereocenters. The van der Waals surface area contributed by atoms with Crippen LogP contribution < -0.4 is 10.2 Å². The maximum atomic E-state index is 5.57. The lowest BCUT2D eigenvalue weighted by Gasteiger charge is -2.32. The van der Waals surface area contributed by atoms with Gasteiger partial charge < -0.3 is 15.0 Å². The zero-order valence-corrected chi connectivity index (χ0v) is 10.9. The summed E-state index contributed by atoms with van der Waals surface area (Å²) in [4.78, 5) is 6.80. The van der Waals surface area contributed by atoms with Gasteiger partial charge in [-0.15, -0.1) is 0 Å². The molecule has 1 N–H and O–H groups in total. The number of morpholine rings is 1. The predicted molar refractivity (Wildman–Crippen MR) is 71.7 cm³/mol. The van der Waals surface area contributed by atoms with Gasteiger partial charge in [-0.25, -0.2) is 4.98 Å². The summed E-state index contributed by atoms with van der Waals surface area (Å²) in [5, 5.41) is 3.54. The molecule has 0 radical (unpaired) electrons. The van der Waals surface area contributed by atoms with Crippen LogP contribution in [-0.4, -0.2) is 36.8 Å². The Morgan fingerprint density at radius 1 is 1.50 bits per heavy atom. The van der Waals surface area contributed by atoms with Crippen molar-refractivity contribution >= 4 is 5.82 Å². The highest BCUT2D eigenvalue weighted by molar-refractivity contribution is 5.41. The molecule has 4 nitrogen and oxygen atoms in total. The van der Waals surface area contributed by atoms with Crippen LogP contribution in [0.1, 0.15) is 25.3 Å². The van der Waals surface area contributed by atoms with E-state index in [1.165, 1.54) is 18.4 Å². The van der Waals surface area contributed by atoms with E-state index in [1.807, 2.05) is 6.20 Å². The largest absolute Gasteiger partial charge is 0.375 e. The summed E-state index contributed by atoms with van der Waals surface area (Å²) in [7, 11) is 0. The molecular formula is C14H21N3O. The molecular weight excluding hydrogens is 226 g/mol. The maximum absolute atomic E-state index is 5.57. The highest BCUT2D eigenvalue weighted by Crippen LogP contribution is 2.20. The maximum Gasteiger partial charge on any atom is 0.128 e. The van der Waals surface area contributed by atoms with Crippen molar-refractivity contribution in [1.29, 1.82) is 0 Å². The van der Waals surface area contributed by atoms with E-state index in [0.29, 0.717) is 6.10 Å².